The number of benzene rings is 1. The quantitative estimate of drug-likeness (QED) is 0.756. The first-order chi connectivity index (χ1) is 8.31. The molecule has 2 rings (SSSR count). The third kappa shape index (κ3) is 3.03. The van der Waals surface area contributed by atoms with Crippen LogP contribution in [0.25, 0.3) is 0 Å². The highest BCUT2D eigenvalue weighted by molar-refractivity contribution is 5.79. The SMILES string of the molecule is O=Cc1cccc(F)c1OCC1CCOCC1. The fourth-order valence-electron chi connectivity index (χ4n) is 1.88. The van der Waals surface area contributed by atoms with Crippen molar-refractivity contribution in [1.29, 1.82) is 0 Å². The Balaban J connectivity index is 2.00. The molecule has 4 heteroatoms. The monoisotopic (exact) mass is 238 g/mol. The first kappa shape index (κ1) is 12.0. The molecule has 0 aliphatic carbocycles. The van der Waals surface area contributed by atoms with E-state index < -0.39 is 5.82 Å². The van der Waals surface area contributed by atoms with Crippen LogP contribution in [0.3, 0.4) is 0 Å². The molecule has 1 aromatic rings. The zero-order valence-electron chi connectivity index (χ0n) is 9.52. The summed E-state index contributed by atoms with van der Waals surface area (Å²) in [5.74, 6) is -0.0430. The van der Waals surface area contributed by atoms with Crippen molar-refractivity contribution in [3.05, 3.63) is 29.6 Å². The van der Waals surface area contributed by atoms with E-state index in [4.69, 9.17) is 9.47 Å². The number of halogens is 1. The lowest BCUT2D eigenvalue weighted by molar-refractivity contribution is 0.0490. The fraction of sp³-hybridized carbons (Fsp3) is 0.462. The van der Waals surface area contributed by atoms with E-state index in [1.807, 2.05) is 0 Å². The molecule has 1 aliphatic heterocycles. The van der Waals surface area contributed by atoms with Crippen LogP contribution in [-0.2, 0) is 4.74 Å². The predicted molar refractivity (Wildman–Crippen MR) is 60.8 cm³/mol. The number of carbonyl (C=O) groups excluding carboxylic acids is 1. The smallest absolute Gasteiger partial charge is 0.165 e. The van der Waals surface area contributed by atoms with Crippen molar-refractivity contribution in [1.82, 2.24) is 0 Å². The summed E-state index contributed by atoms with van der Waals surface area (Å²) in [6, 6.07) is 4.35. The van der Waals surface area contributed by atoms with Gasteiger partial charge in [0.15, 0.2) is 17.9 Å². The highest BCUT2D eigenvalue weighted by Crippen LogP contribution is 2.23. The average molecular weight is 238 g/mol. The summed E-state index contributed by atoms with van der Waals surface area (Å²) < 4.78 is 24.2. The number of hydrogen-bond donors (Lipinski definition) is 0. The summed E-state index contributed by atoms with van der Waals surface area (Å²) in [5, 5.41) is 0. The van der Waals surface area contributed by atoms with Crippen LogP contribution >= 0.6 is 0 Å². The van der Waals surface area contributed by atoms with E-state index in [-0.39, 0.29) is 11.3 Å². The molecule has 1 aliphatic rings. The molecule has 92 valence electrons. The highest BCUT2D eigenvalue weighted by atomic mass is 19.1. The van der Waals surface area contributed by atoms with Gasteiger partial charge in [0.2, 0.25) is 0 Å². The Labute approximate surface area is 99.5 Å². The van der Waals surface area contributed by atoms with Gasteiger partial charge in [0.25, 0.3) is 0 Å². The normalized spacial score (nSPS) is 16.8. The zero-order chi connectivity index (χ0) is 12.1. The van der Waals surface area contributed by atoms with E-state index >= 15 is 0 Å². The van der Waals surface area contributed by atoms with Gasteiger partial charge >= 0.3 is 0 Å². The van der Waals surface area contributed by atoms with Crippen molar-refractivity contribution in [2.24, 2.45) is 5.92 Å². The van der Waals surface area contributed by atoms with E-state index in [0.717, 1.165) is 26.1 Å². The van der Waals surface area contributed by atoms with Gasteiger partial charge in [-0.3, -0.25) is 4.79 Å². The molecular formula is C13H15FO3. The van der Waals surface area contributed by atoms with E-state index in [9.17, 15) is 9.18 Å². The molecule has 0 amide bonds. The summed E-state index contributed by atoms with van der Waals surface area (Å²) in [6.07, 6.45) is 2.46. The number of para-hydroxylation sites is 1. The van der Waals surface area contributed by atoms with Gasteiger partial charge in [-0.25, -0.2) is 4.39 Å². The lowest BCUT2D eigenvalue weighted by atomic mass is 10.0. The molecule has 1 saturated heterocycles. The summed E-state index contributed by atoms with van der Waals surface area (Å²) in [7, 11) is 0. The molecular weight excluding hydrogens is 223 g/mol. The minimum absolute atomic E-state index is 0.0639. The maximum Gasteiger partial charge on any atom is 0.165 e. The van der Waals surface area contributed by atoms with Gasteiger partial charge in [-0.2, -0.15) is 0 Å². The van der Waals surface area contributed by atoms with Crippen LogP contribution in [0.5, 0.6) is 5.75 Å². The van der Waals surface area contributed by atoms with Crippen LogP contribution in [-0.4, -0.2) is 26.1 Å². The minimum atomic E-state index is -0.485. The van der Waals surface area contributed by atoms with Gasteiger partial charge in [0.1, 0.15) is 0 Å². The van der Waals surface area contributed by atoms with E-state index in [2.05, 4.69) is 0 Å². The van der Waals surface area contributed by atoms with Crippen LogP contribution in [0.4, 0.5) is 4.39 Å². The van der Waals surface area contributed by atoms with E-state index in [0.29, 0.717) is 18.8 Å². The van der Waals surface area contributed by atoms with Crippen molar-refractivity contribution in [3.63, 3.8) is 0 Å². The predicted octanol–water partition coefficient (Wildman–Crippen LogP) is 2.44. The van der Waals surface area contributed by atoms with Gasteiger partial charge in [-0.05, 0) is 30.9 Å². The van der Waals surface area contributed by atoms with Crippen LogP contribution in [0, 0.1) is 11.7 Å². The highest BCUT2D eigenvalue weighted by Gasteiger charge is 2.16. The molecule has 3 nitrogen and oxygen atoms in total. The molecule has 1 heterocycles. The van der Waals surface area contributed by atoms with Crippen LogP contribution < -0.4 is 4.74 Å². The number of hydrogen-bond acceptors (Lipinski definition) is 3. The van der Waals surface area contributed by atoms with Crippen molar-refractivity contribution >= 4 is 6.29 Å². The maximum atomic E-state index is 13.5. The zero-order valence-corrected chi connectivity index (χ0v) is 9.52. The van der Waals surface area contributed by atoms with E-state index in [1.54, 1.807) is 6.07 Å². The molecule has 1 fully saturated rings. The number of ether oxygens (including phenoxy) is 2. The minimum Gasteiger partial charge on any atom is -0.489 e. The standard InChI is InChI=1S/C13H15FO3/c14-12-3-1-2-11(8-15)13(12)17-9-10-4-6-16-7-5-10/h1-3,8,10H,4-7,9H2. The van der Waals surface area contributed by atoms with Crippen LogP contribution in [0.2, 0.25) is 0 Å². The second-order valence-electron chi connectivity index (χ2n) is 4.14. The Bertz CT molecular complexity index is 386. The first-order valence-corrected chi connectivity index (χ1v) is 5.75. The molecule has 0 saturated carbocycles. The number of aldehydes is 1. The molecule has 0 bridgehead atoms. The fourth-order valence-corrected chi connectivity index (χ4v) is 1.88. The second kappa shape index (κ2) is 5.77. The van der Waals surface area contributed by atoms with Crippen molar-refractivity contribution in [2.75, 3.05) is 19.8 Å². The Morgan fingerprint density at radius 1 is 1.41 bits per heavy atom. The summed E-state index contributed by atoms with van der Waals surface area (Å²) in [4.78, 5) is 10.8. The molecule has 0 aromatic heterocycles. The van der Waals surface area contributed by atoms with Gasteiger partial charge in [-0.1, -0.05) is 6.07 Å². The Morgan fingerprint density at radius 3 is 2.88 bits per heavy atom. The molecule has 17 heavy (non-hydrogen) atoms. The topological polar surface area (TPSA) is 35.5 Å². The van der Waals surface area contributed by atoms with Gasteiger partial charge in [0, 0.05) is 13.2 Å². The summed E-state index contributed by atoms with van der Waals surface area (Å²) in [6.45, 7) is 1.89. The first-order valence-electron chi connectivity index (χ1n) is 5.75. The molecule has 0 atom stereocenters. The van der Waals surface area contributed by atoms with Gasteiger partial charge < -0.3 is 9.47 Å². The number of rotatable bonds is 4. The number of carbonyl (C=O) groups is 1. The largest absolute Gasteiger partial charge is 0.489 e. The lowest BCUT2D eigenvalue weighted by Gasteiger charge is -2.22. The lowest BCUT2D eigenvalue weighted by Crippen LogP contribution is -2.22. The van der Waals surface area contributed by atoms with Crippen molar-refractivity contribution in [3.8, 4) is 5.75 Å². The Hall–Kier alpha value is -1.42. The molecule has 0 radical (unpaired) electrons. The summed E-state index contributed by atoms with van der Waals surface area (Å²) in [5.41, 5.74) is 0.261. The Kier molecular flexibility index (Phi) is 4.09. The van der Waals surface area contributed by atoms with Crippen LogP contribution in [0.15, 0.2) is 18.2 Å². The maximum absolute atomic E-state index is 13.5. The third-order valence-electron chi connectivity index (χ3n) is 2.93. The molecule has 1 aromatic carbocycles. The average Bonchev–Trinajstić information content (AvgIpc) is 2.38. The molecule has 0 unspecified atom stereocenters. The Morgan fingerprint density at radius 2 is 2.18 bits per heavy atom. The third-order valence-corrected chi connectivity index (χ3v) is 2.93. The molecule has 0 spiro atoms. The van der Waals surface area contributed by atoms with E-state index in [1.165, 1.54) is 12.1 Å². The van der Waals surface area contributed by atoms with Gasteiger partial charge in [0.05, 0.1) is 12.2 Å². The van der Waals surface area contributed by atoms with Crippen LogP contribution in [0.1, 0.15) is 23.2 Å². The second-order valence-corrected chi connectivity index (χ2v) is 4.14. The molecule has 0 N–H and O–H groups in total. The van der Waals surface area contributed by atoms with Crippen molar-refractivity contribution < 1.29 is 18.7 Å². The van der Waals surface area contributed by atoms with Gasteiger partial charge in [-0.15, -0.1) is 0 Å². The van der Waals surface area contributed by atoms with Crippen molar-refractivity contribution in [2.45, 2.75) is 12.8 Å². The summed E-state index contributed by atoms with van der Waals surface area (Å²) >= 11 is 0.